The largest absolute Gasteiger partial charge is 0.490 e. The van der Waals surface area contributed by atoms with Gasteiger partial charge in [0, 0.05) is 0 Å². The van der Waals surface area contributed by atoms with Crippen LogP contribution < -0.4 is 9.47 Å². The molecule has 2 heterocycles. The molecule has 2 aromatic rings. The molecule has 1 aromatic carbocycles. The third kappa shape index (κ3) is 4.30. The van der Waals surface area contributed by atoms with Crippen molar-refractivity contribution in [1.29, 1.82) is 0 Å². The van der Waals surface area contributed by atoms with E-state index in [0.717, 1.165) is 28.5 Å². The van der Waals surface area contributed by atoms with Crippen LogP contribution in [0.5, 0.6) is 11.5 Å². The highest BCUT2D eigenvalue weighted by molar-refractivity contribution is 5.74. The Bertz CT molecular complexity index is 680. The summed E-state index contributed by atoms with van der Waals surface area (Å²) in [6.07, 6.45) is -0.303. The maximum atomic E-state index is 6.00. The second-order valence-corrected chi connectivity index (χ2v) is 6.48. The number of aromatic nitrogens is 1. The van der Waals surface area contributed by atoms with Crippen LogP contribution in [-0.4, -0.2) is 30.4 Å². The quantitative estimate of drug-likeness (QED) is 0.779. The molecule has 0 bridgehead atoms. The zero-order valence-corrected chi connectivity index (χ0v) is 15.2. The van der Waals surface area contributed by atoms with Crippen molar-refractivity contribution in [3.8, 4) is 22.8 Å². The van der Waals surface area contributed by atoms with Crippen molar-refractivity contribution in [2.75, 3.05) is 13.2 Å². The van der Waals surface area contributed by atoms with E-state index in [4.69, 9.17) is 23.9 Å². The summed E-state index contributed by atoms with van der Waals surface area (Å²) >= 11 is 0. The number of hydrogen-bond acceptors (Lipinski definition) is 5. The molecule has 1 aliphatic rings. The molecular weight excluding hydrogens is 318 g/mol. The molecular formula is C20H25NO4. The molecule has 0 unspecified atom stereocenters. The van der Waals surface area contributed by atoms with E-state index in [1.807, 2.05) is 64.1 Å². The second-order valence-electron chi connectivity index (χ2n) is 6.48. The molecule has 0 saturated carbocycles. The van der Waals surface area contributed by atoms with E-state index in [2.05, 4.69) is 0 Å². The molecule has 5 heteroatoms. The Morgan fingerprint density at radius 1 is 0.880 bits per heavy atom. The predicted octanol–water partition coefficient (Wildman–Crippen LogP) is 4.37. The standard InChI is InChI=1S/C20H25NO4/c1-13(2)24-17-9-6-10-18(25-14(3)4)19(17)15-7-5-8-16(21-15)20-22-11-12-23-20/h5-10,13-14,20H,11-12H2,1-4H3. The molecule has 3 rings (SSSR count). The highest BCUT2D eigenvalue weighted by Gasteiger charge is 2.22. The topological polar surface area (TPSA) is 49.8 Å². The Morgan fingerprint density at radius 3 is 2.00 bits per heavy atom. The maximum Gasteiger partial charge on any atom is 0.201 e. The van der Waals surface area contributed by atoms with Crippen molar-refractivity contribution in [1.82, 2.24) is 4.98 Å². The summed E-state index contributed by atoms with van der Waals surface area (Å²) in [4.78, 5) is 4.75. The summed E-state index contributed by atoms with van der Waals surface area (Å²) in [7, 11) is 0. The zero-order chi connectivity index (χ0) is 17.8. The zero-order valence-electron chi connectivity index (χ0n) is 15.2. The highest BCUT2D eigenvalue weighted by atomic mass is 16.7. The molecule has 0 radical (unpaired) electrons. The molecule has 1 aliphatic heterocycles. The molecule has 0 aliphatic carbocycles. The fourth-order valence-electron chi connectivity index (χ4n) is 2.72. The first-order valence-electron chi connectivity index (χ1n) is 8.71. The predicted molar refractivity (Wildman–Crippen MR) is 95.8 cm³/mol. The summed E-state index contributed by atoms with van der Waals surface area (Å²) < 4.78 is 23.2. The Morgan fingerprint density at radius 2 is 1.44 bits per heavy atom. The van der Waals surface area contributed by atoms with Crippen molar-refractivity contribution in [2.45, 2.75) is 46.2 Å². The van der Waals surface area contributed by atoms with Gasteiger partial charge in [0.05, 0.1) is 42.4 Å². The van der Waals surface area contributed by atoms with Crippen molar-refractivity contribution in [3.63, 3.8) is 0 Å². The van der Waals surface area contributed by atoms with Gasteiger partial charge in [-0.3, -0.25) is 0 Å². The van der Waals surface area contributed by atoms with Crippen LogP contribution in [0, 0.1) is 0 Å². The van der Waals surface area contributed by atoms with E-state index in [-0.39, 0.29) is 12.2 Å². The van der Waals surface area contributed by atoms with Crippen molar-refractivity contribution in [2.24, 2.45) is 0 Å². The lowest BCUT2D eigenvalue weighted by molar-refractivity contribution is -0.0472. The van der Waals surface area contributed by atoms with Crippen LogP contribution >= 0.6 is 0 Å². The van der Waals surface area contributed by atoms with Gasteiger partial charge in [0.1, 0.15) is 11.5 Å². The smallest absolute Gasteiger partial charge is 0.201 e. The lowest BCUT2D eigenvalue weighted by atomic mass is 10.1. The number of benzene rings is 1. The first-order chi connectivity index (χ1) is 12.0. The van der Waals surface area contributed by atoms with Crippen LogP contribution in [0.3, 0.4) is 0 Å². The molecule has 0 spiro atoms. The third-order valence-electron chi connectivity index (χ3n) is 3.60. The molecule has 1 saturated heterocycles. The van der Waals surface area contributed by atoms with Crippen molar-refractivity contribution in [3.05, 3.63) is 42.1 Å². The fraction of sp³-hybridized carbons (Fsp3) is 0.450. The van der Waals surface area contributed by atoms with E-state index in [0.29, 0.717) is 13.2 Å². The van der Waals surface area contributed by atoms with Crippen LogP contribution in [0.1, 0.15) is 39.7 Å². The van der Waals surface area contributed by atoms with Gasteiger partial charge in [-0.2, -0.15) is 0 Å². The molecule has 0 amide bonds. The minimum absolute atomic E-state index is 0.0535. The number of hydrogen-bond donors (Lipinski definition) is 0. The fourth-order valence-corrected chi connectivity index (χ4v) is 2.72. The van der Waals surface area contributed by atoms with Crippen LogP contribution in [0.4, 0.5) is 0 Å². The average molecular weight is 343 g/mol. The first kappa shape index (κ1) is 17.7. The van der Waals surface area contributed by atoms with Gasteiger partial charge in [0.25, 0.3) is 0 Å². The molecule has 25 heavy (non-hydrogen) atoms. The Balaban J connectivity index is 2.05. The van der Waals surface area contributed by atoms with Crippen LogP contribution in [-0.2, 0) is 9.47 Å². The molecule has 134 valence electrons. The average Bonchev–Trinajstić information content (AvgIpc) is 3.08. The van der Waals surface area contributed by atoms with Gasteiger partial charge in [-0.05, 0) is 52.0 Å². The van der Waals surface area contributed by atoms with Gasteiger partial charge >= 0.3 is 0 Å². The number of rotatable bonds is 6. The van der Waals surface area contributed by atoms with Gasteiger partial charge in [-0.15, -0.1) is 0 Å². The first-order valence-corrected chi connectivity index (χ1v) is 8.71. The summed E-state index contributed by atoms with van der Waals surface area (Å²) in [5.41, 5.74) is 2.39. The lowest BCUT2D eigenvalue weighted by Gasteiger charge is -2.20. The van der Waals surface area contributed by atoms with Gasteiger partial charge < -0.3 is 18.9 Å². The van der Waals surface area contributed by atoms with Crippen molar-refractivity contribution >= 4 is 0 Å². The maximum absolute atomic E-state index is 6.00. The second kappa shape index (κ2) is 7.85. The monoisotopic (exact) mass is 343 g/mol. The summed E-state index contributed by atoms with van der Waals surface area (Å²) in [5, 5.41) is 0. The minimum Gasteiger partial charge on any atom is -0.490 e. The van der Waals surface area contributed by atoms with E-state index in [1.165, 1.54) is 0 Å². The van der Waals surface area contributed by atoms with Gasteiger partial charge in [0.2, 0.25) is 6.29 Å². The Labute approximate surface area is 148 Å². The van der Waals surface area contributed by atoms with E-state index in [1.54, 1.807) is 0 Å². The molecule has 0 atom stereocenters. The number of pyridine rings is 1. The number of ether oxygens (including phenoxy) is 4. The van der Waals surface area contributed by atoms with E-state index in [9.17, 15) is 0 Å². The summed E-state index contributed by atoms with van der Waals surface area (Å²) in [6, 6.07) is 11.6. The summed E-state index contributed by atoms with van der Waals surface area (Å²) in [5.74, 6) is 1.51. The molecule has 1 fully saturated rings. The third-order valence-corrected chi connectivity index (χ3v) is 3.60. The molecule has 5 nitrogen and oxygen atoms in total. The SMILES string of the molecule is CC(C)Oc1cccc(OC(C)C)c1-c1cccc(C2OCCO2)n1. The van der Waals surface area contributed by atoms with Gasteiger partial charge in [-0.1, -0.05) is 12.1 Å². The lowest BCUT2D eigenvalue weighted by Crippen LogP contribution is -2.10. The number of nitrogens with zero attached hydrogens (tertiary/aromatic N) is 1. The highest BCUT2D eigenvalue weighted by Crippen LogP contribution is 2.39. The van der Waals surface area contributed by atoms with Crippen LogP contribution in [0.15, 0.2) is 36.4 Å². The minimum atomic E-state index is -0.410. The molecule has 1 aromatic heterocycles. The van der Waals surface area contributed by atoms with Crippen molar-refractivity contribution < 1.29 is 18.9 Å². The molecule has 0 N–H and O–H groups in total. The van der Waals surface area contributed by atoms with E-state index >= 15 is 0 Å². The van der Waals surface area contributed by atoms with Gasteiger partial charge in [-0.25, -0.2) is 4.98 Å². The van der Waals surface area contributed by atoms with Crippen LogP contribution in [0.2, 0.25) is 0 Å². The normalized spacial score (nSPS) is 15.1. The van der Waals surface area contributed by atoms with Gasteiger partial charge in [0.15, 0.2) is 0 Å². The van der Waals surface area contributed by atoms with E-state index < -0.39 is 6.29 Å². The van der Waals surface area contributed by atoms with Crippen LogP contribution in [0.25, 0.3) is 11.3 Å². The summed E-state index contributed by atoms with van der Waals surface area (Å²) in [6.45, 7) is 9.19. The Kier molecular flexibility index (Phi) is 5.56. The Hall–Kier alpha value is -2.11.